The second-order valence-electron chi connectivity index (χ2n) is 7.09. The highest BCUT2D eigenvalue weighted by atomic mass is 32.1. The van der Waals surface area contributed by atoms with Crippen molar-refractivity contribution in [2.75, 3.05) is 6.61 Å². The molecule has 7 nitrogen and oxygen atoms in total. The fraction of sp³-hybridized carbons (Fsp3) is 0.455. The number of hydrogen-bond donors (Lipinski definition) is 1. The number of aromatic nitrogens is 1. The zero-order chi connectivity index (χ0) is 22.6. The Morgan fingerprint density at radius 1 is 1.10 bits per heavy atom. The van der Waals surface area contributed by atoms with Gasteiger partial charge in [-0.15, -0.1) is 11.3 Å². The van der Waals surface area contributed by atoms with Crippen molar-refractivity contribution >= 4 is 34.8 Å². The molecule has 162 valence electrons. The van der Waals surface area contributed by atoms with E-state index in [4.69, 9.17) is 9.47 Å². The molecule has 0 aliphatic heterocycles. The number of ketones is 2. The van der Waals surface area contributed by atoms with E-state index in [1.807, 2.05) is 19.9 Å². The van der Waals surface area contributed by atoms with Crippen LogP contribution in [0.5, 0.6) is 0 Å². The lowest BCUT2D eigenvalue weighted by molar-refractivity contribution is -0.146. The van der Waals surface area contributed by atoms with Gasteiger partial charge in [-0.2, -0.15) is 0 Å². The summed E-state index contributed by atoms with van der Waals surface area (Å²) >= 11 is 1.54. The Labute approximate surface area is 179 Å². The summed E-state index contributed by atoms with van der Waals surface area (Å²) in [4.78, 5) is 54.1. The number of ether oxygens (including phenoxy) is 2. The third-order valence-corrected chi connectivity index (χ3v) is 5.70. The van der Waals surface area contributed by atoms with Crippen molar-refractivity contribution < 1.29 is 28.7 Å². The number of carbonyl (C=O) groups excluding carboxylic acids is 4. The number of aromatic amines is 1. The Morgan fingerprint density at radius 2 is 1.77 bits per heavy atom. The summed E-state index contributed by atoms with van der Waals surface area (Å²) in [5.74, 6) is -1.71. The third kappa shape index (κ3) is 5.24. The average Bonchev–Trinajstić information content (AvgIpc) is 3.16. The van der Waals surface area contributed by atoms with Crippen LogP contribution in [0.1, 0.15) is 78.9 Å². The van der Waals surface area contributed by atoms with E-state index in [1.165, 1.54) is 18.3 Å². The Hall–Kier alpha value is -2.74. The van der Waals surface area contributed by atoms with E-state index >= 15 is 0 Å². The number of hydrogen-bond acceptors (Lipinski definition) is 7. The standard InChI is InChI=1S/C22H27NO6S/c1-7-28-22(27)19-12(3)20(23-13(19)4)21(26)14(5)29-18(25)9-8-17(24)16-10-11(2)30-15(16)6/h10,14,23H,7-9H2,1-6H3. The maximum Gasteiger partial charge on any atom is 0.340 e. The van der Waals surface area contributed by atoms with E-state index < -0.39 is 23.8 Å². The van der Waals surface area contributed by atoms with E-state index in [0.717, 1.165) is 9.75 Å². The highest BCUT2D eigenvalue weighted by molar-refractivity contribution is 7.12. The highest BCUT2D eigenvalue weighted by Crippen LogP contribution is 2.23. The van der Waals surface area contributed by atoms with Crippen molar-refractivity contribution in [1.82, 2.24) is 4.98 Å². The van der Waals surface area contributed by atoms with Crippen molar-refractivity contribution in [2.45, 2.75) is 60.5 Å². The van der Waals surface area contributed by atoms with Crippen molar-refractivity contribution in [3.05, 3.63) is 43.9 Å². The van der Waals surface area contributed by atoms with Gasteiger partial charge in [-0.1, -0.05) is 0 Å². The summed E-state index contributed by atoms with van der Waals surface area (Å²) < 4.78 is 10.2. The quantitative estimate of drug-likeness (QED) is 0.468. The molecule has 2 rings (SSSR count). The first-order valence-corrected chi connectivity index (χ1v) is 10.6. The van der Waals surface area contributed by atoms with Crippen LogP contribution in [0.3, 0.4) is 0 Å². The van der Waals surface area contributed by atoms with Crippen LogP contribution in [0.2, 0.25) is 0 Å². The summed E-state index contributed by atoms with van der Waals surface area (Å²) in [6, 6.07) is 1.82. The second kappa shape index (κ2) is 9.84. The highest BCUT2D eigenvalue weighted by Gasteiger charge is 2.27. The molecule has 1 atom stereocenters. The molecule has 0 bridgehead atoms. The van der Waals surface area contributed by atoms with Crippen LogP contribution in [0.15, 0.2) is 6.07 Å². The maximum absolute atomic E-state index is 12.7. The van der Waals surface area contributed by atoms with Gasteiger partial charge < -0.3 is 14.5 Å². The summed E-state index contributed by atoms with van der Waals surface area (Å²) in [5.41, 5.74) is 2.11. The fourth-order valence-corrected chi connectivity index (χ4v) is 4.22. The molecule has 2 aromatic rings. The van der Waals surface area contributed by atoms with Gasteiger partial charge >= 0.3 is 11.9 Å². The lowest BCUT2D eigenvalue weighted by atomic mass is 10.1. The topological polar surface area (TPSA) is 103 Å². The average molecular weight is 434 g/mol. The molecule has 0 aliphatic rings. The minimum atomic E-state index is -1.05. The molecule has 8 heteroatoms. The molecule has 0 saturated heterocycles. The van der Waals surface area contributed by atoms with Gasteiger partial charge in [-0.05, 0) is 53.2 Å². The minimum absolute atomic E-state index is 0.0183. The molecule has 0 aromatic carbocycles. The smallest absolute Gasteiger partial charge is 0.340 e. The zero-order valence-electron chi connectivity index (χ0n) is 18.1. The van der Waals surface area contributed by atoms with Gasteiger partial charge in [-0.3, -0.25) is 14.4 Å². The molecule has 0 radical (unpaired) electrons. The molecule has 30 heavy (non-hydrogen) atoms. The third-order valence-electron chi connectivity index (χ3n) is 4.74. The van der Waals surface area contributed by atoms with Crippen LogP contribution in [-0.2, 0) is 14.3 Å². The summed E-state index contributed by atoms with van der Waals surface area (Å²) in [6.45, 7) is 10.5. The lowest BCUT2D eigenvalue weighted by Gasteiger charge is -2.12. The first kappa shape index (κ1) is 23.5. The van der Waals surface area contributed by atoms with Crippen molar-refractivity contribution in [3.8, 4) is 0 Å². The number of carbonyl (C=O) groups is 4. The van der Waals surface area contributed by atoms with E-state index in [-0.39, 0.29) is 30.9 Å². The number of aryl methyl sites for hydroxylation is 3. The van der Waals surface area contributed by atoms with Crippen molar-refractivity contribution in [3.63, 3.8) is 0 Å². The van der Waals surface area contributed by atoms with Gasteiger partial charge in [0.05, 0.1) is 24.3 Å². The second-order valence-corrected chi connectivity index (χ2v) is 8.55. The summed E-state index contributed by atoms with van der Waals surface area (Å²) in [6.07, 6.45) is -1.14. The first-order valence-electron chi connectivity index (χ1n) is 9.76. The predicted octanol–water partition coefficient (Wildman–Crippen LogP) is 4.26. The van der Waals surface area contributed by atoms with Crippen LogP contribution in [-0.4, -0.2) is 41.2 Å². The molecule has 0 saturated carbocycles. The maximum atomic E-state index is 12.7. The Morgan fingerprint density at radius 3 is 2.33 bits per heavy atom. The van der Waals surface area contributed by atoms with E-state index in [9.17, 15) is 19.2 Å². The van der Waals surface area contributed by atoms with E-state index in [2.05, 4.69) is 4.98 Å². The Balaban J connectivity index is 1.99. The monoisotopic (exact) mass is 433 g/mol. The SMILES string of the molecule is CCOC(=O)c1c(C)[nH]c(C(=O)C(C)OC(=O)CCC(=O)c2cc(C)sc2C)c1C. The largest absolute Gasteiger partial charge is 0.462 e. The molecular weight excluding hydrogens is 406 g/mol. The van der Waals surface area contributed by atoms with Gasteiger partial charge in [0.25, 0.3) is 0 Å². The first-order chi connectivity index (χ1) is 14.1. The zero-order valence-corrected chi connectivity index (χ0v) is 19.0. The number of rotatable bonds is 9. The number of esters is 2. The predicted molar refractivity (Wildman–Crippen MR) is 113 cm³/mol. The number of Topliss-reactive ketones (excluding diaryl/α,β-unsaturated/α-hetero) is 2. The molecule has 0 spiro atoms. The van der Waals surface area contributed by atoms with Gasteiger partial charge in [0, 0.05) is 27.4 Å². The number of thiophene rings is 1. The van der Waals surface area contributed by atoms with Crippen LogP contribution < -0.4 is 0 Å². The van der Waals surface area contributed by atoms with Gasteiger partial charge in [0.2, 0.25) is 5.78 Å². The Bertz CT molecular complexity index is 984. The van der Waals surface area contributed by atoms with Crippen LogP contribution in [0, 0.1) is 27.7 Å². The molecule has 2 heterocycles. The van der Waals surface area contributed by atoms with Gasteiger partial charge in [-0.25, -0.2) is 4.79 Å². The van der Waals surface area contributed by atoms with Crippen molar-refractivity contribution in [1.29, 1.82) is 0 Å². The normalized spacial score (nSPS) is 11.8. The Kier molecular flexibility index (Phi) is 7.72. The van der Waals surface area contributed by atoms with E-state index in [0.29, 0.717) is 22.4 Å². The van der Waals surface area contributed by atoms with Gasteiger partial charge in [0.1, 0.15) is 0 Å². The molecule has 0 amide bonds. The van der Waals surface area contributed by atoms with Gasteiger partial charge in [0.15, 0.2) is 11.9 Å². The van der Waals surface area contributed by atoms with Crippen LogP contribution in [0.4, 0.5) is 0 Å². The lowest BCUT2D eigenvalue weighted by Crippen LogP contribution is -2.25. The molecule has 2 aromatic heterocycles. The molecular formula is C22H27NO6S. The molecule has 1 unspecified atom stereocenters. The summed E-state index contributed by atoms with van der Waals surface area (Å²) in [5, 5.41) is 0. The number of nitrogens with one attached hydrogen (secondary N) is 1. The summed E-state index contributed by atoms with van der Waals surface area (Å²) in [7, 11) is 0. The fourth-order valence-electron chi connectivity index (χ4n) is 3.28. The minimum Gasteiger partial charge on any atom is -0.462 e. The van der Waals surface area contributed by atoms with Crippen molar-refractivity contribution in [2.24, 2.45) is 0 Å². The molecule has 0 fully saturated rings. The molecule has 1 N–H and O–H groups in total. The molecule has 0 aliphatic carbocycles. The number of H-pyrrole nitrogens is 1. The van der Waals surface area contributed by atoms with E-state index in [1.54, 1.807) is 20.8 Å². The van der Waals surface area contributed by atoms with Crippen LogP contribution in [0.25, 0.3) is 0 Å². The van der Waals surface area contributed by atoms with Crippen LogP contribution >= 0.6 is 11.3 Å².